The van der Waals surface area contributed by atoms with Gasteiger partial charge in [0, 0.05) is 5.69 Å². The van der Waals surface area contributed by atoms with Crippen LogP contribution < -0.4 is 11.1 Å². The smallest absolute Gasteiger partial charge is 0.244 e. The number of rotatable bonds is 4. The van der Waals surface area contributed by atoms with E-state index in [2.05, 4.69) is 5.32 Å². The summed E-state index contributed by atoms with van der Waals surface area (Å²) in [6.45, 7) is 3.63. The number of carbonyl (C=O) groups excluding carboxylic acids is 1. The molecule has 0 aliphatic heterocycles. The molecule has 0 saturated carbocycles. The summed E-state index contributed by atoms with van der Waals surface area (Å²) in [7, 11) is 0. The Morgan fingerprint density at radius 3 is 2.55 bits per heavy atom. The van der Waals surface area contributed by atoms with Crippen LogP contribution in [0.25, 0.3) is 0 Å². The number of amides is 1. The number of nitrogens with one attached hydrogen (secondary N) is 1. The van der Waals surface area contributed by atoms with Gasteiger partial charge in [0.25, 0.3) is 0 Å². The van der Waals surface area contributed by atoms with E-state index in [1.54, 1.807) is 19.1 Å². The van der Waals surface area contributed by atoms with Crippen LogP contribution in [-0.2, 0) is 4.79 Å². The number of hydrogen-bond acceptors (Lipinski definition) is 2. The maximum Gasteiger partial charge on any atom is 0.244 e. The summed E-state index contributed by atoms with van der Waals surface area (Å²) in [5.41, 5.74) is 8.31. The number of halogens is 1. The minimum Gasteiger partial charge on any atom is -0.370 e. The lowest BCUT2D eigenvalue weighted by molar-refractivity contribution is -0.118. The molecular formula is C16H17FN2O. The molecule has 1 amide bonds. The molecule has 2 aromatic carbocycles. The Kier molecular flexibility index (Phi) is 4.03. The van der Waals surface area contributed by atoms with Crippen LogP contribution in [0, 0.1) is 19.7 Å². The topological polar surface area (TPSA) is 55.1 Å². The molecule has 0 bridgehead atoms. The van der Waals surface area contributed by atoms with Crippen molar-refractivity contribution in [3.8, 4) is 0 Å². The number of aryl methyl sites for hydroxylation is 2. The first-order chi connectivity index (χ1) is 9.47. The first-order valence-corrected chi connectivity index (χ1v) is 6.36. The molecule has 1 unspecified atom stereocenters. The van der Waals surface area contributed by atoms with Gasteiger partial charge < -0.3 is 11.1 Å². The molecule has 2 aromatic rings. The van der Waals surface area contributed by atoms with Crippen molar-refractivity contribution >= 4 is 11.6 Å². The van der Waals surface area contributed by atoms with Crippen LogP contribution >= 0.6 is 0 Å². The van der Waals surface area contributed by atoms with Crippen molar-refractivity contribution in [2.24, 2.45) is 5.73 Å². The molecule has 0 fully saturated rings. The third-order valence-corrected chi connectivity index (χ3v) is 3.14. The molecule has 104 valence electrons. The lowest BCUT2D eigenvalue weighted by Gasteiger charge is -2.18. The van der Waals surface area contributed by atoms with Crippen LogP contribution in [0.2, 0.25) is 0 Å². The maximum atomic E-state index is 13.6. The largest absolute Gasteiger partial charge is 0.370 e. The second kappa shape index (κ2) is 5.74. The number of carbonyl (C=O) groups is 1. The molecular weight excluding hydrogens is 255 g/mol. The van der Waals surface area contributed by atoms with Gasteiger partial charge >= 0.3 is 0 Å². The second-order valence-electron chi connectivity index (χ2n) is 4.86. The highest BCUT2D eigenvalue weighted by Crippen LogP contribution is 2.22. The minimum absolute atomic E-state index is 0.347. The van der Waals surface area contributed by atoms with Gasteiger partial charge in [-0.2, -0.15) is 0 Å². The van der Waals surface area contributed by atoms with Gasteiger partial charge in [-0.25, -0.2) is 4.39 Å². The average Bonchev–Trinajstić information content (AvgIpc) is 2.39. The molecule has 0 radical (unpaired) electrons. The molecule has 0 aliphatic carbocycles. The van der Waals surface area contributed by atoms with Gasteiger partial charge in [-0.05, 0) is 48.7 Å². The quantitative estimate of drug-likeness (QED) is 0.898. The average molecular weight is 272 g/mol. The summed E-state index contributed by atoms with van der Waals surface area (Å²) < 4.78 is 13.6. The van der Waals surface area contributed by atoms with Gasteiger partial charge in [0.1, 0.15) is 11.9 Å². The predicted octanol–water partition coefficient (Wildman–Crippen LogP) is 3.08. The SMILES string of the molecule is Cc1cccc(NC(C(N)=O)c2ccc(C)c(F)c2)c1. The lowest BCUT2D eigenvalue weighted by Crippen LogP contribution is -2.27. The Balaban J connectivity index is 2.32. The number of hydrogen-bond donors (Lipinski definition) is 2. The zero-order chi connectivity index (χ0) is 14.7. The Morgan fingerprint density at radius 1 is 1.20 bits per heavy atom. The molecule has 3 nitrogen and oxygen atoms in total. The first kappa shape index (κ1) is 14.1. The number of benzene rings is 2. The first-order valence-electron chi connectivity index (χ1n) is 6.36. The van der Waals surface area contributed by atoms with E-state index in [4.69, 9.17) is 5.73 Å². The van der Waals surface area contributed by atoms with E-state index in [0.29, 0.717) is 11.1 Å². The Bertz CT molecular complexity index is 640. The number of primary amides is 1. The van der Waals surface area contributed by atoms with Crippen molar-refractivity contribution in [2.75, 3.05) is 5.32 Å². The molecule has 0 saturated heterocycles. The zero-order valence-corrected chi connectivity index (χ0v) is 11.5. The van der Waals surface area contributed by atoms with Crippen molar-refractivity contribution in [3.63, 3.8) is 0 Å². The van der Waals surface area contributed by atoms with Gasteiger partial charge in [0.15, 0.2) is 0 Å². The van der Waals surface area contributed by atoms with Crippen LogP contribution in [0.15, 0.2) is 42.5 Å². The normalized spacial score (nSPS) is 11.9. The van der Waals surface area contributed by atoms with Crippen LogP contribution in [0.3, 0.4) is 0 Å². The van der Waals surface area contributed by atoms with Gasteiger partial charge in [0.05, 0.1) is 0 Å². The van der Waals surface area contributed by atoms with Gasteiger partial charge in [-0.15, -0.1) is 0 Å². The van der Waals surface area contributed by atoms with Crippen molar-refractivity contribution in [1.82, 2.24) is 0 Å². The van der Waals surface area contributed by atoms with Gasteiger partial charge in [-0.1, -0.05) is 24.3 Å². The molecule has 1 atom stereocenters. The molecule has 0 spiro atoms. The molecule has 2 rings (SSSR count). The monoisotopic (exact) mass is 272 g/mol. The van der Waals surface area contributed by atoms with E-state index in [1.165, 1.54) is 6.07 Å². The van der Waals surface area contributed by atoms with Crippen LogP contribution in [0.5, 0.6) is 0 Å². The highest BCUT2D eigenvalue weighted by Gasteiger charge is 2.18. The second-order valence-corrected chi connectivity index (χ2v) is 4.86. The molecule has 20 heavy (non-hydrogen) atoms. The minimum atomic E-state index is -0.758. The van der Waals surface area contributed by atoms with E-state index in [9.17, 15) is 9.18 Å². The Morgan fingerprint density at radius 2 is 1.95 bits per heavy atom. The third-order valence-electron chi connectivity index (χ3n) is 3.14. The van der Waals surface area contributed by atoms with Crippen LogP contribution in [0.1, 0.15) is 22.7 Å². The molecule has 4 heteroatoms. The van der Waals surface area contributed by atoms with Crippen molar-refractivity contribution < 1.29 is 9.18 Å². The summed E-state index contributed by atoms with van der Waals surface area (Å²) in [6.07, 6.45) is 0. The van der Waals surface area contributed by atoms with Crippen molar-refractivity contribution in [1.29, 1.82) is 0 Å². The third kappa shape index (κ3) is 3.15. The fourth-order valence-corrected chi connectivity index (χ4v) is 2.01. The van der Waals surface area contributed by atoms with E-state index in [1.807, 2.05) is 31.2 Å². The molecule has 0 aromatic heterocycles. The van der Waals surface area contributed by atoms with E-state index in [0.717, 1.165) is 11.3 Å². The highest BCUT2D eigenvalue weighted by molar-refractivity contribution is 5.84. The summed E-state index contributed by atoms with van der Waals surface area (Å²) in [5.74, 6) is -0.894. The summed E-state index contributed by atoms with van der Waals surface area (Å²) in [5, 5.41) is 3.04. The molecule has 3 N–H and O–H groups in total. The van der Waals surface area contributed by atoms with Crippen LogP contribution in [-0.4, -0.2) is 5.91 Å². The van der Waals surface area contributed by atoms with Gasteiger partial charge in [-0.3, -0.25) is 4.79 Å². The summed E-state index contributed by atoms with van der Waals surface area (Å²) in [6, 6.07) is 11.5. The van der Waals surface area contributed by atoms with Crippen LogP contribution in [0.4, 0.5) is 10.1 Å². The fourth-order valence-electron chi connectivity index (χ4n) is 2.01. The predicted molar refractivity (Wildman–Crippen MR) is 77.9 cm³/mol. The maximum absolute atomic E-state index is 13.6. The van der Waals surface area contributed by atoms with E-state index >= 15 is 0 Å². The number of anilines is 1. The van der Waals surface area contributed by atoms with Crippen molar-refractivity contribution in [3.05, 3.63) is 65.0 Å². The number of nitrogens with two attached hydrogens (primary N) is 1. The fraction of sp³-hybridized carbons (Fsp3) is 0.188. The Hall–Kier alpha value is -2.36. The van der Waals surface area contributed by atoms with E-state index in [-0.39, 0.29) is 5.82 Å². The zero-order valence-electron chi connectivity index (χ0n) is 11.5. The summed E-state index contributed by atoms with van der Waals surface area (Å²) >= 11 is 0. The van der Waals surface area contributed by atoms with Crippen molar-refractivity contribution in [2.45, 2.75) is 19.9 Å². The summed E-state index contributed by atoms with van der Waals surface area (Å²) in [4.78, 5) is 11.6. The van der Waals surface area contributed by atoms with E-state index < -0.39 is 11.9 Å². The van der Waals surface area contributed by atoms with Gasteiger partial charge in [0.2, 0.25) is 5.91 Å². The standard InChI is InChI=1S/C16H17FN2O/c1-10-4-3-5-13(8-10)19-15(16(18)20)12-7-6-11(2)14(17)9-12/h3-9,15,19H,1-2H3,(H2,18,20). The Labute approximate surface area is 117 Å². The molecule has 0 aliphatic rings. The lowest BCUT2D eigenvalue weighted by atomic mass is 10.0. The highest BCUT2D eigenvalue weighted by atomic mass is 19.1. The molecule has 0 heterocycles.